The lowest BCUT2D eigenvalue weighted by atomic mass is 10.1. The van der Waals surface area contributed by atoms with Gasteiger partial charge in [0, 0.05) is 23.7 Å². The van der Waals surface area contributed by atoms with Gasteiger partial charge in [-0.25, -0.2) is 0 Å². The number of hydrogen-bond donors (Lipinski definition) is 0. The molecule has 0 aliphatic rings. The maximum Gasteiger partial charge on any atom is 0.312 e. The van der Waals surface area contributed by atoms with Crippen molar-refractivity contribution in [1.29, 1.82) is 0 Å². The van der Waals surface area contributed by atoms with Gasteiger partial charge in [0.15, 0.2) is 0 Å². The molecule has 1 amide bonds. The zero-order valence-electron chi connectivity index (χ0n) is 17.1. The van der Waals surface area contributed by atoms with E-state index < -0.39 is 4.92 Å². The van der Waals surface area contributed by atoms with Gasteiger partial charge in [-0.1, -0.05) is 35.9 Å². The van der Waals surface area contributed by atoms with Crippen molar-refractivity contribution in [2.75, 3.05) is 6.54 Å². The summed E-state index contributed by atoms with van der Waals surface area (Å²) in [6, 6.07) is 14.7. The van der Waals surface area contributed by atoms with E-state index in [1.807, 2.05) is 37.3 Å². The van der Waals surface area contributed by atoms with Crippen LogP contribution in [-0.2, 0) is 13.1 Å². The first-order valence-corrected chi connectivity index (χ1v) is 9.99. The van der Waals surface area contributed by atoms with Crippen LogP contribution in [0.1, 0.15) is 39.8 Å². The van der Waals surface area contributed by atoms with E-state index in [1.165, 1.54) is 0 Å². The predicted molar refractivity (Wildman–Crippen MR) is 116 cm³/mol. The quantitative estimate of drug-likeness (QED) is 0.402. The number of halogens is 1. The third-order valence-electron chi connectivity index (χ3n) is 4.99. The maximum atomic E-state index is 12.9. The number of nitro groups is 1. The van der Waals surface area contributed by atoms with Crippen molar-refractivity contribution in [3.8, 4) is 0 Å². The standard InChI is InChI=1S/C22H23ClN4O3/c1-4-25(13-18-6-5-7-20(23)12-18)22(28)19-10-8-17(9-11-19)14-26-16(3)21(27(29)30)15(2)24-26/h5-12H,4,13-14H2,1-3H3. The van der Waals surface area contributed by atoms with Crippen molar-refractivity contribution < 1.29 is 9.72 Å². The van der Waals surface area contributed by atoms with E-state index in [4.69, 9.17) is 11.6 Å². The number of aromatic nitrogens is 2. The normalized spacial score (nSPS) is 10.8. The lowest BCUT2D eigenvalue weighted by Crippen LogP contribution is -2.30. The van der Waals surface area contributed by atoms with Crippen molar-refractivity contribution in [3.63, 3.8) is 0 Å². The minimum Gasteiger partial charge on any atom is -0.335 e. The molecule has 2 aromatic carbocycles. The molecule has 0 N–H and O–H groups in total. The number of hydrogen-bond acceptors (Lipinski definition) is 4. The van der Waals surface area contributed by atoms with Gasteiger partial charge in [-0.2, -0.15) is 5.10 Å². The minimum absolute atomic E-state index is 0.0430. The van der Waals surface area contributed by atoms with Gasteiger partial charge in [-0.05, 0) is 56.2 Å². The van der Waals surface area contributed by atoms with Crippen LogP contribution in [0, 0.1) is 24.0 Å². The van der Waals surface area contributed by atoms with E-state index in [2.05, 4.69) is 5.10 Å². The molecule has 0 aliphatic carbocycles. The molecule has 0 radical (unpaired) electrons. The van der Waals surface area contributed by atoms with Crippen molar-refractivity contribution in [1.82, 2.24) is 14.7 Å². The summed E-state index contributed by atoms with van der Waals surface area (Å²) in [4.78, 5) is 25.4. The van der Waals surface area contributed by atoms with E-state index in [9.17, 15) is 14.9 Å². The summed E-state index contributed by atoms with van der Waals surface area (Å²) in [5.74, 6) is -0.0641. The van der Waals surface area contributed by atoms with Crippen LogP contribution in [0.3, 0.4) is 0 Å². The Labute approximate surface area is 180 Å². The third kappa shape index (κ3) is 4.68. The highest BCUT2D eigenvalue weighted by Gasteiger charge is 2.22. The SMILES string of the molecule is CCN(Cc1cccc(Cl)c1)C(=O)c1ccc(Cn2nc(C)c([N+](=O)[O-])c2C)cc1. The Morgan fingerprint density at radius 2 is 1.87 bits per heavy atom. The largest absolute Gasteiger partial charge is 0.335 e. The summed E-state index contributed by atoms with van der Waals surface area (Å²) in [5.41, 5.74) is 3.41. The van der Waals surface area contributed by atoms with E-state index in [-0.39, 0.29) is 11.6 Å². The van der Waals surface area contributed by atoms with Crippen LogP contribution in [0.25, 0.3) is 0 Å². The van der Waals surface area contributed by atoms with Crippen LogP contribution in [0.4, 0.5) is 5.69 Å². The first-order chi connectivity index (χ1) is 14.3. The van der Waals surface area contributed by atoms with Crippen molar-refractivity contribution in [3.05, 3.63) is 91.7 Å². The topological polar surface area (TPSA) is 81.3 Å². The number of carbonyl (C=O) groups is 1. The van der Waals surface area contributed by atoms with Gasteiger partial charge in [0.1, 0.15) is 11.4 Å². The van der Waals surface area contributed by atoms with Crippen molar-refractivity contribution >= 4 is 23.2 Å². The summed E-state index contributed by atoms with van der Waals surface area (Å²) >= 11 is 6.04. The third-order valence-corrected chi connectivity index (χ3v) is 5.23. The number of rotatable bonds is 7. The molecule has 7 nitrogen and oxygen atoms in total. The zero-order chi connectivity index (χ0) is 21.8. The molecule has 156 valence electrons. The van der Waals surface area contributed by atoms with Gasteiger partial charge in [0.25, 0.3) is 5.91 Å². The van der Waals surface area contributed by atoms with Crippen LogP contribution < -0.4 is 0 Å². The second kappa shape index (κ2) is 9.09. The number of amides is 1. The molecule has 0 saturated heterocycles. The summed E-state index contributed by atoms with van der Waals surface area (Å²) in [6.07, 6.45) is 0. The van der Waals surface area contributed by atoms with E-state index >= 15 is 0 Å². The highest BCUT2D eigenvalue weighted by atomic mass is 35.5. The molecule has 8 heteroatoms. The molecule has 0 bridgehead atoms. The highest BCUT2D eigenvalue weighted by molar-refractivity contribution is 6.30. The fourth-order valence-corrected chi connectivity index (χ4v) is 3.61. The van der Waals surface area contributed by atoms with Crippen molar-refractivity contribution in [2.45, 2.75) is 33.9 Å². The van der Waals surface area contributed by atoms with E-state index in [0.29, 0.717) is 41.6 Å². The number of nitrogens with zero attached hydrogens (tertiary/aromatic N) is 4. The van der Waals surface area contributed by atoms with Crippen LogP contribution in [-0.4, -0.2) is 32.1 Å². The highest BCUT2D eigenvalue weighted by Crippen LogP contribution is 2.23. The van der Waals surface area contributed by atoms with Crippen LogP contribution in [0.2, 0.25) is 5.02 Å². The molecule has 0 spiro atoms. The average Bonchev–Trinajstić information content (AvgIpc) is 2.99. The fourth-order valence-electron chi connectivity index (χ4n) is 3.40. The van der Waals surface area contributed by atoms with Gasteiger partial charge in [0.2, 0.25) is 0 Å². The minimum atomic E-state index is -0.408. The summed E-state index contributed by atoms with van der Waals surface area (Å²) in [5, 5.41) is 16.1. The maximum absolute atomic E-state index is 12.9. The summed E-state index contributed by atoms with van der Waals surface area (Å²) in [7, 11) is 0. The van der Waals surface area contributed by atoms with Crippen LogP contribution in [0.5, 0.6) is 0 Å². The Morgan fingerprint density at radius 1 is 1.17 bits per heavy atom. The summed E-state index contributed by atoms with van der Waals surface area (Å²) in [6.45, 7) is 6.70. The Morgan fingerprint density at radius 3 is 2.43 bits per heavy atom. The molecular formula is C22H23ClN4O3. The van der Waals surface area contributed by atoms with E-state index in [0.717, 1.165) is 11.1 Å². The summed E-state index contributed by atoms with van der Waals surface area (Å²) < 4.78 is 1.61. The molecule has 0 unspecified atom stereocenters. The number of benzene rings is 2. The number of carbonyl (C=O) groups excluding carboxylic acids is 1. The molecule has 3 aromatic rings. The zero-order valence-corrected chi connectivity index (χ0v) is 17.9. The molecule has 30 heavy (non-hydrogen) atoms. The molecule has 1 heterocycles. The first-order valence-electron chi connectivity index (χ1n) is 9.61. The van der Waals surface area contributed by atoms with Gasteiger partial charge < -0.3 is 4.90 Å². The monoisotopic (exact) mass is 426 g/mol. The molecule has 1 aromatic heterocycles. The first kappa shape index (κ1) is 21.5. The lowest BCUT2D eigenvalue weighted by molar-refractivity contribution is -0.386. The molecular weight excluding hydrogens is 404 g/mol. The van der Waals surface area contributed by atoms with Crippen LogP contribution in [0.15, 0.2) is 48.5 Å². The second-order valence-electron chi connectivity index (χ2n) is 7.08. The molecule has 3 rings (SSSR count). The van der Waals surface area contributed by atoms with Gasteiger partial charge in [-0.3, -0.25) is 19.6 Å². The van der Waals surface area contributed by atoms with E-state index in [1.54, 1.807) is 41.6 Å². The molecule has 0 atom stereocenters. The predicted octanol–water partition coefficient (Wildman–Crippen LogP) is 4.77. The molecule has 0 fully saturated rings. The smallest absolute Gasteiger partial charge is 0.312 e. The molecule has 0 aliphatic heterocycles. The Hall–Kier alpha value is -3.19. The molecule has 0 saturated carbocycles. The average molecular weight is 427 g/mol. The second-order valence-corrected chi connectivity index (χ2v) is 7.52. The fraction of sp³-hybridized carbons (Fsp3) is 0.273. The van der Waals surface area contributed by atoms with Crippen LogP contribution >= 0.6 is 11.6 Å². The van der Waals surface area contributed by atoms with Gasteiger partial charge in [-0.15, -0.1) is 0 Å². The Balaban J connectivity index is 1.74. The Bertz CT molecular complexity index is 1080. The lowest BCUT2D eigenvalue weighted by Gasteiger charge is -2.21. The van der Waals surface area contributed by atoms with Gasteiger partial charge >= 0.3 is 5.69 Å². The Kier molecular flexibility index (Phi) is 6.52. The number of aryl methyl sites for hydroxylation is 1. The van der Waals surface area contributed by atoms with Gasteiger partial charge in [0.05, 0.1) is 11.5 Å². The van der Waals surface area contributed by atoms with Crippen molar-refractivity contribution in [2.24, 2.45) is 0 Å².